The third-order valence-corrected chi connectivity index (χ3v) is 5.07. The van der Waals surface area contributed by atoms with Gasteiger partial charge < -0.3 is 16.0 Å². The maximum atomic E-state index is 11.3. The predicted molar refractivity (Wildman–Crippen MR) is 107 cm³/mol. The standard InChI is InChI=1S/C17H21N7O2S/c1-19-15-12(9-18)16(20-7-4-8-27(2,25)26)23-17(22-15)11-5-3-6-14-13(11)10-21-24-14/h3,5-6,9-10,18H,4,7-8H2,1-2H3,(H,21,24)(H2,19,20,22,23). The molecule has 2 heterocycles. The molecule has 0 aliphatic heterocycles. The maximum absolute atomic E-state index is 11.3. The van der Waals surface area contributed by atoms with Crippen LogP contribution in [0.1, 0.15) is 12.0 Å². The van der Waals surface area contributed by atoms with E-state index in [0.29, 0.717) is 36.0 Å². The summed E-state index contributed by atoms with van der Waals surface area (Å²) in [5.41, 5.74) is 2.20. The summed E-state index contributed by atoms with van der Waals surface area (Å²) in [4.78, 5) is 9.12. The third kappa shape index (κ3) is 4.22. The normalized spacial score (nSPS) is 11.5. The van der Waals surface area contributed by atoms with Crippen LogP contribution in [0.15, 0.2) is 24.4 Å². The fourth-order valence-corrected chi connectivity index (χ4v) is 3.42. The number of aromatic amines is 1. The quantitative estimate of drug-likeness (QED) is 0.342. The molecule has 3 rings (SSSR count). The Morgan fingerprint density at radius 2 is 2.04 bits per heavy atom. The van der Waals surface area contributed by atoms with Gasteiger partial charge in [0.2, 0.25) is 0 Å². The Morgan fingerprint density at radius 3 is 2.74 bits per heavy atom. The van der Waals surface area contributed by atoms with Gasteiger partial charge in [-0.2, -0.15) is 5.10 Å². The van der Waals surface area contributed by atoms with E-state index >= 15 is 0 Å². The minimum Gasteiger partial charge on any atom is -0.372 e. The third-order valence-electron chi connectivity index (χ3n) is 4.04. The van der Waals surface area contributed by atoms with Crippen molar-refractivity contribution in [1.29, 1.82) is 5.41 Å². The minimum absolute atomic E-state index is 0.0884. The molecule has 0 amide bonds. The van der Waals surface area contributed by atoms with Gasteiger partial charge in [0.05, 0.1) is 23.0 Å². The molecule has 0 unspecified atom stereocenters. The first-order valence-electron chi connectivity index (χ1n) is 8.37. The molecule has 0 radical (unpaired) electrons. The van der Waals surface area contributed by atoms with Gasteiger partial charge in [0.25, 0.3) is 0 Å². The second-order valence-corrected chi connectivity index (χ2v) is 8.36. The Morgan fingerprint density at radius 1 is 1.26 bits per heavy atom. The Bertz CT molecular complexity index is 1080. The van der Waals surface area contributed by atoms with E-state index < -0.39 is 9.84 Å². The molecule has 0 aliphatic carbocycles. The number of hydrogen-bond donors (Lipinski definition) is 4. The molecule has 0 aliphatic rings. The van der Waals surface area contributed by atoms with Crippen LogP contribution in [-0.2, 0) is 9.84 Å². The zero-order valence-corrected chi connectivity index (χ0v) is 15.9. The monoisotopic (exact) mass is 387 g/mol. The number of aromatic nitrogens is 4. The number of anilines is 2. The van der Waals surface area contributed by atoms with Crippen molar-refractivity contribution in [3.63, 3.8) is 0 Å². The van der Waals surface area contributed by atoms with Gasteiger partial charge in [-0.15, -0.1) is 0 Å². The number of nitrogens with one attached hydrogen (secondary N) is 4. The van der Waals surface area contributed by atoms with E-state index in [4.69, 9.17) is 5.41 Å². The first-order chi connectivity index (χ1) is 12.9. The number of H-pyrrole nitrogens is 1. The zero-order valence-electron chi connectivity index (χ0n) is 15.1. The van der Waals surface area contributed by atoms with E-state index in [1.165, 1.54) is 12.5 Å². The highest BCUT2D eigenvalue weighted by molar-refractivity contribution is 7.90. The number of sulfone groups is 1. The Balaban J connectivity index is 1.98. The van der Waals surface area contributed by atoms with E-state index in [9.17, 15) is 8.42 Å². The molecule has 0 fully saturated rings. The summed E-state index contributed by atoms with van der Waals surface area (Å²) in [6.45, 7) is 0.420. The highest BCUT2D eigenvalue weighted by Crippen LogP contribution is 2.29. The summed E-state index contributed by atoms with van der Waals surface area (Å²) in [5.74, 6) is 1.57. The molecular formula is C17H21N7O2S. The van der Waals surface area contributed by atoms with E-state index in [1.54, 1.807) is 13.2 Å². The van der Waals surface area contributed by atoms with Crippen molar-refractivity contribution in [3.8, 4) is 11.4 Å². The van der Waals surface area contributed by atoms with Crippen LogP contribution in [0.4, 0.5) is 11.6 Å². The molecule has 3 aromatic rings. The molecule has 0 spiro atoms. The molecule has 27 heavy (non-hydrogen) atoms. The highest BCUT2D eigenvalue weighted by atomic mass is 32.2. The van der Waals surface area contributed by atoms with Crippen LogP contribution in [0, 0.1) is 5.41 Å². The van der Waals surface area contributed by atoms with Crippen molar-refractivity contribution in [1.82, 2.24) is 20.2 Å². The Labute approximate surface area is 157 Å². The largest absolute Gasteiger partial charge is 0.372 e. The summed E-state index contributed by atoms with van der Waals surface area (Å²) < 4.78 is 22.6. The summed E-state index contributed by atoms with van der Waals surface area (Å²) in [5, 5.41) is 21.7. The summed E-state index contributed by atoms with van der Waals surface area (Å²) in [6, 6.07) is 5.72. The summed E-state index contributed by atoms with van der Waals surface area (Å²) in [6.07, 6.45) is 4.55. The second kappa shape index (κ2) is 7.70. The van der Waals surface area contributed by atoms with Crippen molar-refractivity contribution < 1.29 is 8.42 Å². The molecule has 0 saturated heterocycles. The lowest BCUT2D eigenvalue weighted by Crippen LogP contribution is -2.13. The molecule has 0 bridgehead atoms. The molecule has 2 aromatic heterocycles. The summed E-state index contributed by atoms with van der Waals surface area (Å²) in [7, 11) is -1.29. The van der Waals surface area contributed by atoms with Gasteiger partial charge in [0, 0.05) is 37.0 Å². The lowest BCUT2D eigenvalue weighted by Gasteiger charge is -2.14. The number of benzene rings is 1. The van der Waals surface area contributed by atoms with Crippen LogP contribution in [-0.4, -0.2) is 60.4 Å². The zero-order chi connectivity index (χ0) is 19.4. The van der Waals surface area contributed by atoms with E-state index in [1.807, 2.05) is 18.2 Å². The van der Waals surface area contributed by atoms with Gasteiger partial charge in [0.1, 0.15) is 21.5 Å². The average molecular weight is 387 g/mol. The van der Waals surface area contributed by atoms with Gasteiger partial charge in [-0.25, -0.2) is 18.4 Å². The average Bonchev–Trinajstić information content (AvgIpc) is 3.12. The minimum atomic E-state index is -3.02. The molecule has 0 saturated carbocycles. The van der Waals surface area contributed by atoms with E-state index in [0.717, 1.165) is 16.5 Å². The fraction of sp³-hybridized carbons (Fsp3) is 0.294. The molecule has 9 nitrogen and oxygen atoms in total. The first-order valence-corrected chi connectivity index (χ1v) is 10.4. The van der Waals surface area contributed by atoms with E-state index in [2.05, 4.69) is 30.8 Å². The van der Waals surface area contributed by atoms with Crippen molar-refractivity contribution in [2.45, 2.75) is 6.42 Å². The van der Waals surface area contributed by atoms with Gasteiger partial charge in [-0.3, -0.25) is 5.10 Å². The van der Waals surface area contributed by atoms with Gasteiger partial charge >= 0.3 is 0 Å². The van der Waals surface area contributed by atoms with E-state index in [-0.39, 0.29) is 5.75 Å². The van der Waals surface area contributed by atoms with Crippen LogP contribution in [0.5, 0.6) is 0 Å². The van der Waals surface area contributed by atoms with Crippen molar-refractivity contribution >= 4 is 38.6 Å². The molecular weight excluding hydrogens is 366 g/mol. The van der Waals surface area contributed by atoms with Crippen LogP contribution >= 0.6 is 0 Å². The van der Waals surface area contributed by atoms with Crippen molar-refractivity contribution in [2.24, 2.45) is 0 Å². The van der Waals surface area contributed by atoms with Crippen LogP contribution < -0.4 is 10.6 Å². The number of fused-ring (bicyclic) bond motifs is 1. The fourth-order valence-electron chi connectivity index (χ4n) is 2.76. The van der Waals surface area contributed by atoms with Crippen LogP contribution in [0.25, 0.3) is 22.3 Å². The van der Waals surface area contributed by atoms with Gasteiger partial charge in [-0.1, -0.05) is 12.1 Å². The van der Waals surface area contributed by atoms with Crippen molar-refractivity contribution in [3.05, 3.63) is 30.0 Å². The molecule has 0 atom stereocenters. The first kappa shape index (κ1) is 18.8. The van der Waals surface area contributed by atoms with Crippen LogP contribution in [0.3, 0.4) is 0 Å². The maximum Gasteiger partial charge on any atom is 0.164 e. The molecule has 142 valence electrons. The molecule has 1 aromatic carbocycles. The lowest BCUT2D eigenvalue weighted by molar-refractivity contribution is 0.600. The SMILES string of the molecule is CNc1nc(-c2cccc3[nH]ncc23)nc(NCCCS(C)(=O)=O)c1C=N. The Hall–Kier alpha value is -3.01. The van der Waals surface area contributed by atoms with Crippen LogP contribution in [0.2, 0.25) is 0 Å². The molecule has 4 N–H and O–H groups in total. The van der Waals surface area contributed by atoms with Gasteiger partial charge in [-0.05, 0) is 12.5 Å². The Kier molecular flexibility index (Phi) is 5.36. The number of nitrogens with zero attached hydrogens (tertiary/aromatic N) is 3. The van der Waals surface area contributed by atoms with Crippen molar-refractivity contribution in [2.75, 3.05) is 36.2 Å². The van der Waals surface area contributed by atoms with Gasteiger partial charge in [0.15, 0.2) is 5.82 Å². The topological polar surface area (TPSA) is 137 Å². The number of hydrogen-bond acceptors (Lipinski definition) is 8. The second-order valence-electron chi connectivity index (χ2n) is 6.10. The summed E-state index contributed by atoms with van der Waals surface area (Å²) >= 11 is 0. The smallest absolute Gasteiger partial charge is 0.164 e. The highest BCUT2D eigenvalue weighted by Gasteiger charge is 2.15. The predicted octanol–water partition coefficient (Wildman–Crippen LogP) is 1.91. The lowest BCUT2D eigenvalue weighted by atomic mass is 10.1. The number of rotatable bonds is 8. The molecule has 10 heteroatoms.